The first-order chi connectivity index (χ1) is 13.4. The number of rotatable bonds is 8. The first kappa shape index (κ1) is 20.6. The molecular weight excluding hydrogens is 394 g/mol. The van der Waals surface area contributed by atoms with Crippen LogP contribution >= 0.6 is 11.6 Å². The van der Waals surface area contributed by atoms with E-state index in [1.54, 1.807) is 36.9 Å². The predicted molar refractivity (Wildman–Crippen MR) is 110 cm³/mol. The Morgan fingerprint density at radius 2 is 1.82 bits per heavy atom. The molecule has 0 amide bonds. The van der Waals surface area contributed by atoms with Crippen LogP contribution in [-0.4, -0.2) is 23.2 Å². The van der Waals surface area contributed by atoms with E-state index in [1.807, 2.05) is 23.6 Å². The molecule has 3 aromatic rings. The molecule has 0 saturated carbocycles. The van der Waals surface area contributed by atoms with Crippen molar-refractivity contribution in [1.82, 2.24) is 14.8 Å². The maximum atomic E-state index is 13.4. The van der Waals surface area contributed by atoms with Gasteiger partial charge in [-0.3, -0.25) is 0 Å². The molecule has 0 aliphatic carbocycles. The van der Waals surface area contributed by atoms with Crippen LogP contribution in [0.1, 0.15) is 43.2 Å². The van der Waals surface area contributed by atoms with E-state index in [0.29, 0.717) is 16.5 Å². The van der Waals surface area contributed by atoms with Gasteiger partial charge in [-0.2, -0.15) is 0 Å². The molecule has 3 rings (SSSR count). The third-order valence-electron chi connectivity index (χ3n) is 4.91. The minimum absolute atomic E-state index is 0.0443. The van der Waals surface area contributed by atoms with Crippen molar-refractivity contribution in [2.24, 2.45) is 0 Å². The first-order valence-electron chi connectivity index (χ1n) is 9.36. The van der Waals surface area contributed by atoms with Crippen molar-refractivity contribution in [2.45, 2.75) is 55.4 Å². The largest absolute Gasteiger partial charge is 0.320 e. The van der Waals surface area contributed by atoms with Crippen LogP contribution in [0.25, 0.3) is 0 Å². The van der Waals surface area contributed by atoms with Gasteiger partial charge in [0.15, 0.2) is 0 Å². The van der Waals surface area contributed by atoms with Gasteiger partial charge in [-0.05, 0) is 42.7 Å². The highest BCUT2D eigenvalue weighted by molar-refractivity contribution is 7.91. The lowest BCUT2D eigenvalue weighted by atomic mass is 9.93. The lowest BCUT2D eigenvalue weighted by molar-refractivity contribution is 0.496. The van der Waals surface area contributed by atoms with Crippen molar-refractivity contribution in [1.29, 1.82) is 0 Å². The summed E-state index contributed by atoms with van der Waals surface area (Å²) in [6.45, 7) is 4.62. The number of hydrogen-bond acceptors (Lipinski definition) is 4. The Bertz CT molecular complexity index is 1030. The van der Waals surface area contributed by atoms with Gasteiger partial charge in [-0.15, -0.1) is 10.2 Å². The Morgan fingerprint density at radius 3 is 2.50 bits per heavy atom. The highest BCUT2D eigenvalue weighted by Crippen LogP contribution is 2.33. The first-order valence-corrected chi connectivity index (χ1v) is 11.2. The average molecular weight is 418 g/mol. The Labute approximate surface area is 171 Å². The maximum absolute atomic E-state index is 13.4. The van der Waals surface area contributed by atoms with Crippen LogP contribution in [0.5, 0.6) is 0 Å². The maximum Gasteiger partial charge on any atom is 0.206 e. The van der Waals surface area contributed by atoms with E-state index >= 15 is 0 Å². The highest BCUT2D eigenvalue weighted by atomic mass is 35.5. The zero-order valence-electron chi connectivity index (χ0n) is 16.0. The van der Waals surface area contributed by atoms with E-state index in [-0.39, 0.29) is 10.8 Å². The lowest BCUT2D eigenvalue weighted by Crippen LogP contribution is -2.13. The molecule has 1 aromatic heterocycles. The van der Waals surface area contributed by atoms with Crippen molar-refractivity contribution in [2.75, 3.05) is 0 Å². The van der Waals surface area contributed by atoms with Crippen LogP contribution < -0.4 is 0 Å². The molecule has 0 fully saturated rings. The molecule has 7 heteroatoms. The summed E-state index contributed by atoms with van der Waals surface area (Å²) < 4.78 is 28.7. The summed E-state index contributed by atoms with van der Waals surface area (Å²) >= 11 is 6.19. The SMILES string of the molecule is CCCCC(Cn1cnnc1)c1ccccc1S(=O)(=O)c1ccc(C)c(Cl)c1. The van der Waals surface area contributed by atoms with Crippen LogP contribution in [-0.2, 0) is 16.4 Å². The fourth-order valence-corrected chi connectivity index (χ4v) is 5.12. The summed E-state index contributed by atoms with van der Waals surface area (Å²) in [6, 6.07) is 12.1. The predicted octanol–water partition coefficient (Wildman–Crippen LogP) is 5.05. The molecule has 0 spiro atoms. The molecule has 1 atom stereocenters. The zero-order valence-corrected chi connectivity index (χ0v) is 17.6. The van der Waals surface area contributed by atoms with Gasteiger partial charge in [0, 0.05) is 17.5 Å². The molecular formula is C21H24ClN3O2S. The van der Waals surface area contributed by atoms with E-state index in [1.165, 1.54) is 6.07 Å². The summed E-state index contributed by atoms with van der Waals surface area (Å²) in [5, 5.41) is 8.18. The molecule has 1 heterocycles. The Morgan fingerprint density at radius 1 is 1.11 bits per heavy atom. The molecule has 0 radical (unpaired) electrons. The van der Waals surface area contributed by atoms with E-state index in [0.717, 1.165) is 30.4 Å². The minimum Gasteiger partial charge on any atom is -0.320 e. The highest BCUT2D eigenvalue weighted by Gasteiger charge is 2.25. The molecule has 28 heavy (non-hydrogen) atoms. The van der Waals surface area contributed by atoms with E-state index < -0.39 is 9.84 Å². The molecule has 0 N–H and O–H groups in total. The van der Waals surface area contributed by atoms with Crippen molar-refractivity contribution >= 4 is 21.4 Å². The molecule has 0 saturated heterocycles. The zero-order chi connectivity index (χ0) is 20.1. The molecule has 148 valence electrons. The van der Waals surface area contributed by atoms with Gasteiger partial charge in [-0.1, -0.05) is 55.6 Å². The van der Waals surface area contributed by atoms with Gasteiger partial charge in [0.1, 0.15) is 12.7 Å². The lowest BCUT2D eigenvalue weighted by Gasteiger charge is -2.21. The quantitative estimate of drug-likeness (QED) is 0.514. The molecule has 2 aromatic carbocycles. The number of nitrogens with zero attached hydrogens (tertiary/aromatic N) is 3. The van der Waals surface area contributed by atoms with Crippen LogP contribution in [0.15, 0.2) is 64.9 Å². The number of aryl methyl sites for hydroxylation is 1. The van der Waals surface area contributed by atoms with E-state index in [2.05, 4.69) is 17.1 Å². The van der Waals surface area contributed by atoms with Crippen molar-refractivity contribution in [3.05, 3.63) is 71.3 Å². The van der Waals surface area contributed by atoms with Gasteiger partial charge in [0.2, 0.25) is 9.84 Å². The van der Waals surface area contributed by atoms with Crippen molar-refractivity contribution < 1.29 is 8.42 Å². The second kappa shape index (κ2) is 8.88. The number of unbranched alkanes of at least 4 members (excludes halogenated alkanes) is 1. The summed E-state index contributed by atoms with van der Waals surface area (Å²) in [5.41, 5.74) is 1.67. The average Bonchev–Trinajstić information content (AvgIpc) is 3.20. The van der Waals surface area contributed by atoms with Crippen molar-refractivity contribution in [3.63, 3.8) is 0 Å². The Hall–Kier alpha value is -2.18. The second-order valence-electron chi connectivity index (χ2n) is 6.95. The minimum atomic E-state index is -3.68. The van der Waals surface area contributed by atoms with Gasteiger partial charge < -0.3 is 4.57 Å². The summed E-state index contributed by atoms with van der Waals surface area (Å²) in [4.78, 5) is 0.554. The summed E-state index contributed by atoms with van der Waals surface area (Å²) in [7, 11) is -3.68. The van der Waals surface area contributed by atoms with Gasteiger partial charge in [0.05, 0.1) is 9.79 Å². The van der Waals surface area contributed by atoms with Gasteiger partial charge >= 0.3 is 0 Å². The Balaban J connectivity index is 2.05. The van der Waals surface area contributed by atoms with Crippen LogP contribution in [0.2, 0.25) is 5.02 Å². The molecule has 0 aliphatic heterocycles. The molecule has 0 bridgehead atoms. The second-order valence-corrected chi connectivity index (χ2v) is 9.28. The number of hydrogen-bond donors (Lipinski definition) is 0. The Kier molecular flexibility index (Phi) is 6.52. The molecule has 0 aliphatic rings. The van der Waals surface area contributed by atoms with Crippen LogP contribution in [0.3, 0.4) is 0 Å². The van der Waals surface area contributed by atoms with E-state index in [9.17, 15) is 8.42 Å². The fourth-order valence-electron chi connectivity index (χ4n) is 3.30. The fraction of sp³-hybridized carbons (Fsp3) is 0.333. The monoisotopic (exact) mass is 417 g/mol. The van der Waals surface area contributed by atoms with Crippen molar-refractivity contribution in [3.8, 4) is 0 Å². The third kappa shape index (κ3) is 4.45. The van der Waals surface area contributed by atoms with E-state index in [4.69, 9.17) is 11.6 Å². The van der Waals surface area contributed by atoms with Gasteiger partial charge in [0.25, 0.3) is 0 Å². The summed E-state index contributed by atoms with van der Waals surface area (Å²) in [5.74, 6) is 0.0443. The summed E-state index contributed by atoms with van der Waals surface area (Å²) in [6.07, 6.45) is 6.26. The smallest absolute Gasteiger partial charge is 0.206 e. The van der Waals surface area contributed by atoms with Crippen LogP contribution in [0.4, 0.5) is 0 Å². The van der Waals surface area contributed by atoms with Crippen LogP contribution in [0, 0.1) is 6.92 Å². The number of aromatic nitrogens is 3. The number of sulfone groups is 1. The topological polar surface area (TPSA) is 64.8 Å². The van der Waals surface area contributed by atoms with Gasteiger partial charge in [-0.25, -0.2) is 8.42 Å². The number of benzene rings is 2. The molecule has 1 unspecified atom stereocenters. The standard InChI is InChI=1S/C21H24ClN3O2S/c1-3-4-7-17(13-25-14-23-24-15-25)19-8-5-6-9-21(19)28(26,27)18-11-10-16(2)20(22)12-18/h5-6,8-12,14-15,17H,3-4,7,13H2,1-2H3. The third-order valence-corrected chi connectivity index (χ3v) is 7.14. The normalized spacial score (nSPS) is 12.8. The number of halogens is 1. The molecule has 5 nitrogen and oxygen atoms in total.